The molecule has 1 atom stereocenters. The van der Waals surface area contributed by atoms with Crippen LogP contribution in [0.4, 0.5) is 23.2 Å². The van der Waals surface area contributed by atoms with E-state index in [9.17, 15) is 30.8 Å². The lowest BCUT2D eigenvalue weighted by Crippen LogP contribution is -2.41. The van der Waals surface area contributed by atoms with Gasteiger partial charge >= 0.3 is 6.18 Å². The van der Waals surface area contributed by atoms with Crippen LogP contribution in [0.2, 0.25) is 5.02 Å². The molecule has 0 aliphatic heterocycles. The summed E-state index contributed by atoms with van der Waals surface area (Å²) in [5.41, 5.74) is -1.01. The summed E-state index contributed by atoms with van der Waals surface area (Å²) in [6.45, 7) is 0.804. The molecule has 0 heterocycles. The third kappa shape index (κ3) is 6.07. The summed E-state index contributed by atoms with van der Waals surface area (Å²) >= 11 is 5.91. The molecule has 0 aliphatic carbocycles. The number of amides is 1. The van der Waals surface area contributed by atoms with E-state index in [4.69, 9.17) is 11.6 Å². The zero-order valence-electron chi connectivity index (χ0n) is 15.3. The standard InChI is InChI=1S/C18H17ClF4N2O3S/c1-11(12-3-6-14(20)7-4-12)24-17(26)10-25(29(2,27)28)16-9-13(18(21,22)23)5-8-15(16)19/h3-9,11H,10H2,1-2H3,(H,24,26)/t11-/m0/s1. The Hall–Kier alpha value is -2.33. The Morgan fingerprint density at radius 3 is 2.28 bits per heavy atom. The number of hydrogen-bond donors (Lipinski definition) is 1. The van der Waals surface area contributed by atoms with Gasteiger partial charge in [-0.1, -0.05) is 23.7 Å². The molecule has 2 aromatic rings. The highest BCUT2D eigenvalue weighted by Gasteiger charge is 2.33. The Morgan fingerprint density at radius 2 is 1.76 bits per heavy atom. The van der Waals surface area contributed by atoms with Crippen molar-refractivity contribution in [2.45, 2.75) is 19.1 Å². The number of alkyl halides is 3. The molecular weight excluding hydrogens is 436 g/mol. The van der Waals surface area contributed by atoms with Gasteiger partial charge < -0.3 is 5.32 Å². The van der Waals surface area contributed by atoms with Gasteiger partial charge in [0.15, 0.2) is 0 Å². The minimum absolute atomic E-state index is 0.261. The van der Waals surface area contributed by atoms with Gasteiger partial charge in [-0.05, 0) is 42.8 Å². The Labute approximate surface area is 170 Å². The molecule has 29 heavy (non-hydrogen) atoms. The average molecular weight is 453 g/mol. The van der Waals surface area contributed by atoms with E-state index in [1.165, 1.54) is 24.3 Å². The lowest BCUT2D eigenvalue weighted by Gasteiger charge is -2.25. The Kier molecular flexibility index (Phi) is 6.79. The highest BCUT2D eigenvalue weighted by molar-refractivity contribution is 7.92. The number of halogens is 5. The predicted molar refractivity (Wildman–Crippen MR) is 102 cm³/mol. The summed E-state index contributed by atoms with van der Waals surface area (Å²) < 4.78 is 76.8. The minimum atomic E-state index is -4.72. The van der Waals surface area contributed by atoms with Crippen molar-refractivity contribution in [3.8, 4) is 0 Å². The Bertz CT molecular complexity index is 995. The number of hydrogen-bond acceptors (Lipinski definition) is 3. The fourth-order valence-electron chi connectivity index (χ4n) is 2.51. The summed E-state index contributed by atoms with van der Waals surface area (Å²) in [5.74, 6) is -1.24. The Balaban J connectivity index is 2.28. The zero-order valence-corrected chi connectivity index (χ0v) is 16.9. The second kappa shape index (κ2) is 8.58. The monoisotopic (exact) mass is 452 g/mol. The number of rotatable bonds is 6. The number of sulfonamides is 1. The van der Waals surface area contributed by atoms with Crippen LogP contribution in [0.15, 0.2) is 42.5 Å². The number of nitrogens with one attached hydrogen (secondary N) is 1. The topological polar surface area (TPSA) is 66.5 Å². The third-order valence-electron chi connectivity index (χ3n) is 3.98. The van der Waals surface area contributed by atoms with Crippen LogP contribution in [0.5, 0.6) is 0 Å². The first-order valence-corrected chi connectivity index (χ1v) is 10.4. The van der Waals surface area contributed by atoms with E-state index in [1.807, 2.05) is 0 Å². The van der Waals surface area contributed by atoms with Crippen molar-refractivity contribution in [1.29, 1.82) is 0 Å². The third-order valence-corrected chi connectivity index (χ3v) is 5.42. The molecule has 2 aromatic carbocycles. The molecule has 0 saturated carbocycles. The second-order valence-corrected chi connectivity index (χ2v) is 8.59. The molecule has 0 radical (unpaired) electrons. The fourth-order valence-corrected chi connectivity index (χ4v) is 3.64. The quantitative estimate of drug-likeness (QED) is 0.670. The van der Waals surface area contributed by atoms with Gasteiger partial charge in [0.05, 0.1) is 28.6 Å². The summed E-state index contributed by atoms with van der Waals surface area (Å²) in [7, 11) is -4.13. The summed E-state index contributed by atoms with van der Waals surface area (Å²) in [5, 5.41) is 2.26. The van der Waals surface area contributed by atoms with Crippen molar-refractivity contribution in [2.24, 2.45) is 0 Å². The molecule has 0 spiro atoms. The van der Waals surface area contributed by atoms with Crippen molar-refractivity contribution in [3.05, 3.63) is 64.4 Å². The van der Waals surface area contributed by atoms with Gasteiger partial charge in [0.25, 0.3) is 0 Å². The molecule has 0 aliphatic rings. The van der Waals surface area contributed by atoms with E-state index in [-0.39, 0.29) is 5.02 Å². The van der Waals surface area contributed by atoms with Crippen LogP contribution in [0.1, 0.15) is 24.1 Å². The van der Waals surface area contributed by atoms with Gasteiger partial charge in [0.1, 0.15) is 12.4 Å². The molecule has 2 rings (SSSR count). The van der Waals surface area contributed by atoms with Crippen LogP contribution in [0.25, 0.3) is 0 Å². The smallest absolute Gasteiger partial charge is 0.348 e. The average Bonchev–Trinajstić information content (AvgIpc) is 2.59. The molecule has 158 valence electrons. The fraction of sp³-hybridized carbons (Fsp3) is 0.278. The van der Waals surface area contributed by atoms with Gasteiger partial charge in [-0.25, -0.2) is 12.8 Å². The molecule has 0 bridgehead atoms. The van der Waals surface area contributed by atoms with Crippen molar-refractivity contribution >= 4 is 33.2 Å². The maximum atomic E-state index is 13.0. The van der Waals surface area contributed by atoms with Crippen LogP contribution < -0.4 is 9.62 Å². The lowest BCUT2D eigenvalue weighted by atomic mass is 10.1. The summed E-state index contributed by atoms with van der Waals surface area (Å²) in [6, 6.07) is 6.88. The number of benzene rings is 2. The largest absolute Gasteiger partial charge is 0.416 e. The first-order valence-electron chi connectivity index (χ1n) is 8.18. The van der Waals surface area contributed by atoms with E-state index >= 15 is 0 Å². The Morgan fingerprint density at radius 1 is 1.17 bits per heavy atom. The molecule has 0 unspecified atom stereocenters. The van der Waals surface area contributed by atoms with Gasteiger partial charge in [0, 0.05) is 0 Å². The zero-order chi connectivity index (χ0) is 22.0. The molecule has 11 heteroatoms. The maximum absolute atomic E-state index is 13.0. The maximum Gasteiger partial charge on any atom is 0.416 e. The first-order chi connectivity index (χ1) is 13.3. The van der Waals surface area contributed by atoms with Gasteiger partial charge in [-0.15, -0.1) is 0 Å². The van der Waals surface area contributed by atoms with Gasteiger partial charge in [-0.2, -0.15) is 13.2 Å². The molecule has 0 aromatic heterocycles. The van der Waals surface area contributed by atoms with Crippen molar-refractivity contribution in [3.63, 3.8) is 0 Å². The number of anilines is 1. The van der Waals surface area contributed by atoms with E-state index in [0.717, 1.165) is 12.3 Å². The second-order valence-electron chi connectivity index (χ2n) is 6.27. The lowest BCUT2D eigenvalue weighted by molar-refractivity contribution is -0.137. The minimum Gasteiger partial charge on any atom is -0.348 e. The molecular formula is C18H17ClF4N2O3S. The van der Waals surface area contributed by atoms with Crippen LogP contribution >= 0.6 is 11.6 Å². The van der Waals surface area contributed by atoms with E-state index < -0.39 is 51.8 Å². The van der Waals surface area contributed by atoms with E-state index in [2.05, 4.69) is 5.32 Å². The van der Waals surface area contributed by atoms with Crippen LogP contribution in [-0.4, -0.2) is 27.1 Å². The molecule has 0 saturated heterocycles. The molecule has 1 N–H and O–H groups in total. The van der Waals surface area contributed by atoms with Crippen molar-refractivity contribution in [1.82, 2.24) is 5.32 Å². The molecule has 1 amide bonds. The highest BCUT2D eigenvalue weighted by atomic mass is 35.5. The van der Waals surface area contributed by atoms with Crippen molar-refractivity contribution in [2.75, 3.05) is 17.1 Å². The van der Waals surface area contributed by atoms with E-state index in [0.29, 0.717) is 22.0 Å². The van der Waals surface area contributed by atoms with Gasteiger partial charge in [-0.3, -0.25) is 9.10 Å². The highest BCUT2D eigenvalue weighted by Crippen LogP contribution is 2.36. The SMILES string of the molecule is C[C@H](NC(=O)CN(c1cc(C(F)(F)F)ccc1Cl)S(C)(=O)=O)c1ccc(F)cc1. The normalized spacial score (nSPS) is 13.1. The molecule has 5 nitrogen and oxygen atoms in total. The predicted octanol–water partition coefficient (Wildman–Crippen LogP) is 4.14. The number of nitrogens with zero attached hydrogens (tertiary/aromatic N) is 1. The summed E-state index contributed by atoms with van der Waals surface area (Å²) in [6.07, 6.45) is -3.97. The van der Waals surface area contributed by atoms with Crippen molar-refractivity contribution < 1.29 is 30.8 Å². The summed E-state index contributed by atoms with van der Waals surface area (Å²) in [4.78, 5) is 12.4. The number of carbonyl (C=O) groups is 1. The van der Waals surface area contributed by atoms with Crippen LogP contribution in [0.3, 0.4) is 0 Å². The van der Waals surface area contributed by atoms with Crippen LogP contribution in [-0.2, 0) is 21.0 Å². The number of carbonyl (C=O) groups excluding carboxylic acids is 1. The molecule has 0 fully saturated rings. The first kappa shape index (κ1) is 23.0. The van der Waals surface area contributed by atoms with Gasteiger partial charge in [0.2, 0.25) is 15.9 Å². The van der Waals surface area contributed by atoms with E-state index in [1.54, 1.807) is 6.92 Å². The van der Waals surface area contributed by atoms with Crippen LogP contribution in [0, 0.1) is 5.82 Å².